The lowest BCUT2D eigenvalue weighted by Gasteiger charge is -2.10. The monoisotopic (exact) mass is 243 g/mol. The molecule has 4 heteroatoms. The third-order valence-corrected chi connectivity index (χ3v) is 2.38. The molecule has 0 radical (unpaired) electrons. The molecule has 1 unspecified atom stereocenters. The Hall–Kier alpha value is -1.06. The van der Waals surface area contributed by atoms with Gasteiger partial charge in [-0.2, -0.15) is 0 Å². The fraction of sp³-hybridized carbons (Fsp3) is 0.417. The third kappa shape index (κ3) is 3.83. The van der Waals surface area contributed by atoms with E-state index in [1.54, 1.807) is 19.2 Å². The van der Waals surface area contributed by atoms with Gasteiger partial charge in [0.25, 0.3) is 0 Å². The van der Waals surface area contributed by atoms with Crippen molar-refractivity contribution >= 4 is 18.2 Å². The molecule has 0 spiro atoms. The molecule has 1 aromatic rings. The molecule has 3 nitrogen and oxygen atoms in total. The van der Waals surface area contributed by atoms with Gasteiger partial charge in [-0.05, 0) is 18.6 Å². The average Bonchev–Trinajstić information content (AvgIpc) is 2.28. The van der Waals surface area contributed by atoms with Crippen LogP contribution >= 0.6 is 12.4 Å². The van der Waals surface area contributed by atoms with E-state index in [0.717, 1.165) is 6.42 Å². The van der Waals surface area contributed by atoms with E-state index in [2.05, 4.69) is 0 Å². The van der Waals surface area contributed by atoms with Crippen LogP contribution in [0.2, 0.25) is 0 Å². The number of benzene rings is 1. The van der Waals surface area contributed by atoms with Gasteiger partial charge in [0.2, 0.25) is 0 Å². The molecule has 0 fully saturated rings. The first-order valence-electron chi connectivity index (χ1n) is 5.10. The Morgan fingerprint density at radius 1 is 1.44 bits per heavy atom. The molecule has 0 aliphatic carbocycles. The largest absolute Gasteiger partial charge is 0.496 e. The maximum Gasteiger partial charge on any atom is 0.168 e. The van der Waals surface area contributed by atoms with Crippen LogP contribution < -0.4 is 10.5 Å². The lowest BCUT2D eigenvalue weighted by molar-refractivity contribution is 0.0971. The van der Waals surface area contributed by atoms with E-state index < -0.39 is 0 Å². The highest BCUT2D eigenvalue weighted by Crippen LogP contribution is 2.19. The highest BCUT2D eigenvalue weighted by atomic mass is 35.5. The van der Waals surface area contributed by atoms with E-state index in [9.17, 15) is 4.79 Å². The molecule has 0 aromatic heterocycles. The first-order valence-corrected chi connectivity index (χ1v) is 5.10. The quantitative estimate of drug-likeness (QED) is 0.809. The van der Waals surface area contributed by atoms with Gasteiger partial charge in [0.05, 0.1) is 12.7 Å². The number of halogens is 1. The highest BCUT2D eigenvalue weighted by molar-refractivity contribution is 5.98. The topological polar surface area (TPSA) is 52.3 Å². The molecule has 0 aliphatic heterocycles. The number of methoxy groups -OCH3 is 1. The number of Topliss-reactive ketones (excluding diaryl/α,β-unsaturated/α-hetero) is 1. The summed E-state index contributed by atoms with van der Waals surface area (Å²) in [5, 5.41) is 0. The summed E-state index contributed by atoms with van der Waals surface area (Å²) in [6.45, 7) is 1.97. The summed E-state index contributed by atoms with van der Waals surface area (Å²) >= 11 is 0. The zero-order valence-electron chi connectivity index (χ0n) is 9.60. The summed E-state index contributed by atoms with van der Waals surface area (Å²) in [6.07, 6.45) is 1.18. The van der Waals surface area contributed by atoms with Crippen LogP contribution in [-0.2, 0) is 0 Å². The molecule has 1 rings (SSSR count). The molecule has 1 atom stereocenters. The molecule has 0 heterocycles. The van der Waals surface area contributed by atoms with Crippen LogP contribution in [0.1, 0.15) is 30.1 Å². The zero-order chi connectivity index (χ0) is 11.3. The van der Waals surface area contributed by atoms with Crippen molar-refractivity contribution in [3.63, 3.8) is 0 Å². The van der Waals surface area contributed by atoms with Gasteiger partial charge < -0.3 is 10.5 Å². The van der Waals surface area contributed by atoms with Crippen LogP contribution in [-0.4, -0.2) is 18.9 Å². The van der Waals surface area contributed by atoms with Gasteiger partial charge >= 0.3 is 0 Å². The van der Waals surface area contributed by atoms with E-state index >= 15 is 0 Å². The van der Waals surface area contributed by atoms with Crippen LogP contribution in [0.5, 0.6) is 5.75 Å². The van der Waals surface area contributed by atoms with Crippen molar-refractivity contribution in [3.05, 3.63) is 29.8 Å². The van der Waals surface area contributed by atoms with Gasteiger partial charge in [0, 0.05) is 12.5 Å². The third-order valence-electron chi connectivity index (χ3n) is 2.38. The number of carbonyl (C=O) groups excluding carboxylic acids is 1. The highest BCUT2D eigenvalue weighted by Gasteiger charge is 2.13. The number of ketones is 1. The summed E-state index contributed by atoms with van der Waals surface area (Å²) in [6, 6.07) is 7.15. The van der Waals surface area contributed by atoms with Gasteiger partial charge in [0.1, 0.15) is 5.75 Å². The molecule has 0 saturated heterocycles. The Labute approximate surface area is 102 Å². The maximum absolute atomic E-state index is 11.8. The van der Waals surface area contributed by atoms with Crippen molar-refractivity contribution in [1.82, 2.24) is 0 Å². The molecule has 0 aliphatic rings. The van der Waals surface area contributed by atoms with Crippen molar-refractivity contribution in [2.24, 2.45) is 5.73 Å². The van der Waals surface area contributed by atoms with Crippen LogP contribution in [0.25, 0.3) is 0 Å². The SMILES string of the molecule is CCC(N)CC(=O)c1ccccc1OC.Cl. The fourth-order valence-electron chi connectivity index (χ4n) is 1.37. The van der Waals surface area contributed by atoms with Gasteiger partial charge in [-0.15, -0.1) is 12.4 Å². The second-order valence-electron chi connectivity index (χ2n) is 3.50. The minimum Gasteiger partial charge on any atom is -0.496 e. The predicted molar refractivity (Wildman–Crippen MR) is 67.5 cm³/mol. The number of hydrogen-bond acceptors (Lipinski definition) is 3. The molecule has 2 N–H and O–H groups in total. The maximum atomic E-state index is 11.8. The minimum atomic E-state index is -0.0672. The van der Waals surface area contributed by atoms with Crippen molar-refractivity contribution in [2.75, 3.05) is 7.11 Å². The molecular formula is C12H18ClNO2. The molecular weight excluding hydrogens is 226 g/mol. The number of para-hydroxylation sites is 1. The zero-order valence-corrected chi connectivity index (χ0v) is 10.4. The van der Waals surface area contributed by atoms with Gasteiger partial charge in [0.15, 0.2) is 5.78 Å². The van der Waals surface area contributed by atoms with Crippen LogP contribution in [0.4, 0.5) is 0 Å². The first kappa shape index (κ1) is 14.9. The summed E-state index contributed by atoms with van der Waals surface area (Å²) in [5.41, 5.74) is 6.36. The van der Waals surface area contributed by atoms with Crippen molar-refractivity contribution in [1.29, 1.82) is 0 Å². The Kier molecular flexibility index (Phi) is 6.77. The van der Waals surface area contributed by atoms with Gasteiger partial charge in [-0.25, -0.2) is 0 Å². The van der Waals surface area contributed by atoms with Crippen molar-refractivity contribution in [3.8, 4) is 5.75 Å². The van der Waals surface area contributed by atoms with Crippen molar-refractivity contribution < 1.29 is 9.53 Å². The lowest BCUT2D eigenvalue weighted by atomic mass is 10.0. The predicted octanol–water partition coefficient (Wildman–Crippen LogP) is 2.43. The van der Waals surface area contributed by atoms with E-state index in [1.165, 1.54) is 0 Å². The number of hydrogen-bond donors (Lipinski definition) is 1. The average molecular weight is 244 g/mol. The summed E-state index contributed by atoms with van der Waals surface area (Å²) in [5.74, 6) is 0.660. The number of nitrogens with two attached hydrogens (primary N) is 1. The Bertz CT molecular complexity index is 342. The molecule has 0 amide bonds. The van der Waals surface area contributed by atoms with Crippen LogP contribution in [0, 0.1) is 0 Å². The Morgan fingerprint density at radius 2 is 2.06 bits per heavy atom. The number of ether oxygens (including phenoxy) is 1. The molecule has 16 heavy (non-hydrogen) atoms. The smallest absolute Gasteiger partial charge is 0.168 e. The normalized spacial score (nSPS) is 11.4. The molecule has 1 aromatic carbocycles. The van der Waals surface area contributed by atoms with E-state index in [4.69, 9.17) is 10.5 Å². The van der Waals surface area contributed by atoms with Crippen molar-refractivity contribution in [2.45, 2.75) is 25.8 Å². The minimum absolute atomic E-state index is 0. The van der Waals surface area contributed by atoms with E-state index in [1.807, 2.05) is 19.1 Å². The second-order valence-corrected chi connectivity index (χ2v) is 3.50. The van der Waals surface area contributed by atoms with E-state index in [-0.39, 0.29) is 24.2 Å². The molecule has 0 saturated carbocycles. The number of rotatable bonds is 5. The molecule has 0 bridgehead atoms. The van der Waals surface area contributed by atoms with Crippen LogP contribution in [0.3, 0.4) is 0 Å². The summed E-state index contributed by atoms with van der Waals surface area (Å²) < 4.78 is 5.12. The lowest BCUT2D eigenvalue weighted by Crippen LogP contribution is -2.22. The fourth-order valence-corrected chi connectivity index (χ4v) is 1.37. The molecule has 90 valence electrons. The van der Waals surface area contributed by atoms with Crippen LogP contribution in [0.15, 0.2) is 24.3 Å². The number of carbonyl (C=O) groups is 1. The van der Waals surface area contributed by atoms with Gasteiger partial charge in [-0.1, -0.05) is 19.1 Å². The second kappa shape index (κ2) is 7.25. The Morgan fingerprint density at radius 3 is 2.62 bits per heavy atom. The Balaban J connectivity index is 0.00000225. The van der Waals surface area contributed by atoms with E-state index in [0.29, 0.717) is 17.7 Å². The first-order chi connectivity index (χ1) is 7.19. The standard InChI is InChI=1S/C12H17NO2.ClH/c1-3-9(13)8-11(14)10-6-4-5-7-12(10)15-2;/h4-7,9H,3,8,13H2,1-2H3;1H. The summed E-state index contributed by atoms with van der Waals surface area (Å²) in [4.78, 5) is 11.8. The summed E-state index contributed by atoms with van der Waals surface area (Å²) in [7, 11) is 1.56. The van der Waals surface area contributed by atoms with Gasteiger partial charge in [-0.3, -0.25) is 4.79 Å².